The fraction of sp³-hybridized carbons (Fsp3) is 0.355. The largest absolute Gasteiger partial charge is 0.370 e. The van der Waals surface area contributed by atoms with Gasteiger partial charge in [-0.05, 0) is 92.1 Å². The number of ether oxygens (including phenoxy) is 1. The lowest BCUT2D eigenvalue weighted by Gasteiger charge is -2.45. The van der Waals surface area contributed by atoms with E-state index in [1.165, 1.54) is 52.6 Å². The van der Waals surface area contributed by atoms with Crippen LogP contribution in [0.4, 0.5) is 4.39 Å². The zero-order valence-corrected chi connectivity index (χ0v) is 20.3. The highest BCUT2D eigenvalue weighted by molar-refractivity contribution is 5.85. The monoisotopic (exact) mass is 468 g/mol. The Morgan fingerprint density at radius 3 is 2.49 bits per heavy atom. The maximum atomic E-state index is 13.4. The Morgan fingerprint density at radius 2 is 1.63 bits per heavy atom. The molecule has 3 heterocycles. The normalized spacial score (nSPS) is 17.6. The van der Waals surface area contributed by atoms with Crippen molar-refractivity contribution in [2.45, 2.75) is 44.1 Å². The van der Waals surface area contributed by atoms with Gasteiger partial charge in [0.1, 0.15) is 5.82 Å². The number of unbranched alkanes of at least 4 members (excludes halogenated alkanes) is 1. The number of rotatable bonds is 6. The Morgan fingerprint density at radius 1 is 0.857 bits per heavy atom. The van der Waals surface area contributed by atoms with Gasteiger partial charge in [0.2, 0.25) is 0 Å². The van der Waals surface area contributed by atoms with Gasteiger partial charge < -0.3 is 14.2 Å². The summed E-state index contributed by atoms with van der Waals surface area (Å²) < 4.78 is 22.0. The zero-order chi connectivity index (χ0) is 23.7. The van der Waals surface area contributed by atoms with Crippen molar-refractivity contribution >= 4 is 10.9 Å². The number of nitrogens with zero attached hydrogens (tertiary/aromatic N) is 2. The molecule has 2 aliphatic rings. The van der Waals surface area contributed by atoms with Gasteiger partial charge in [0.25, 0.3) is 0 Å². The number of halogens is 1. The van der Waals surface area contributed by atoms with Crippen LogP contribution in [-0.4, -0.2) is 35.7 Å². The predicted octanol–water partition coefficient (Wildman–Crippen LogP) is 6.66. The molecule has 3 nitrogen and oxygen atoms in total. The number of fused-ring (bicyclic) bond motifs is 3. The van der Waals surface area contributed by atoms with Crippen LogP contribution >= 0.6 is 0 Å². The molecule has 3 aromatic carbocycles. The number of aromatic nitrogens is 1. The molecule has 0 saturated carbocycles. The zero-order valence-electron chi connectivity index (χ0n) is 20.3. The van der Waals surface area contributed by atoms with E-state index in [0.717, 1.165) is 57.6 Å². The molecule has 4 heteroatoms. The smallest absolute Gasteiger partial charge is 0.123 e. The first kappa shape index (κ1) is 22.5. The Hall–Kier alpha value is -2.95. The molecule has 0 bridgehead atoms. The van der Waals surface area contributed by atoms with Crippen LogP contribution in [0.5, 0.6) is 0 Å². The minimum Gasteiger partial charge on any atom is -0.370 e. The molecule has 0 N–H and O–H groups in total. The molecule has 4 aromatic rings. The van der Waals surface area contributed by atoms with E-state index in [0.29, 0.717) is 0 Å². The van der Waals surface area contributed by atoms with Gasteiger partial charge in [0, 0.05) is 30.4 Å². The Bertz CT molecular complexity index is 1300. The summed E-state index contributed by atoms with van der Waals surface area (Å²) in [6, 6.07) is 24.2. The van der Waals surface area contributed by atoms with Crippen molar-refractivity contribution in [1.29, 1.82) is 0 Å². The van der Waals surface area contributed by atoms with Crippen LogP contribution in [0.25, 0.3) is 16.6 Å². The average molecular weight is 469 g/mol. The lowest BCUT2D eigenvalue weighted by Crippen LogP contribution is -2.46. The third-order valence-electron chi connectivity index (χ3n) is 7.99. The van der Waals surface area contributed by atoms with Crippen molar-refractivity contribution in [1.82, 2.24) is 9.47 Å². The van der Waals surface area contributed by atoms with Crippen LogP contribution < -0.4 is 0 Å². The molecular formula is C31H33FN2O. The number of benzene rings is 3. The van der Waals surface area contributed by atoms with E-state index in [1.807, 2.05) is 12.1 Å². The number of hydrogen-bond acceptors (Lipinski definition) is 2. The van der Waals surface area contributed by atoms with E-state index in [1.54, 1.807) is 0 Å². The van der Waals surface area contributed by atoms with Crippen molar-refractivity contribution in [3.63, 3.8) is 0 Å². The quantitative estimate of drug-likeness (QED) is 0.295. The molecule has 0 unspecified atom stereocenters. The molecule has 6 rings (SSSR count). The number of likely N-dealkylation sites (tertiary alicyclic amines) is 1. The average Bonchev–Trinajstić information content (AvgIpc) is 3.27. The highest BCUT2D eigenvalue weighted by Gasteiger charge is 2.40. The maximum Gasteiger partial charge on any atom is 0.123 e. The summed E-state index contributed by atoms with van der Waals surface area (Å²) in [4.78, 5) is 2.62. The Balaban J connectivity index is 1.06. The van der Waals surface area contributed by atoms with E-state index >= 15 is 0 Å². The molecule has 1 spiro atoms. The summed E-state index contributed by atoms with van der Waals surface area (Å²) in [5.41, 5.74) is 6.41. The summed E-state index contributed by atoms with van der Waals surface area (Å²) >= 11 is 0. The van der Waals surface area contributed by atoms with Crippen molar-refractivity contribution in [3.05, 3.63) is 102 Å². The van der Waals surface area contributed by atoms with Gasteiger partial charge in [0.05, 0.1) is 17.7 Å². The molecule has 1 aromatic heterocycles. The molecule has 1 fully saturated rings. The van der Waals surface area contributed by atoms with Gasteiger partial charge in [-0.25, -0.2) is 4.39 Å². The van der Waals surface area contributed by atoms with Crippen LogP contribution in [0.3, 0.4) is 0 Å². The fourth-order valence-corrected chi connectivity index (χ4v) is 6.08. The van der Waals surface area contributed by atoms with E-state index in [-0.39, 0.29) is 11.4 Å². The summed E-state index contributed by atoms with van der Waals surface area (Å²) in [6.45, 7) is 4.22. The Labute approximate surface area is 207 Å². The summed E-state index contributed by atoms with van der Waals surface area (Å²) in [5.74, 6) is -0.201. The number of hydrogen-bond donors (Lipinski definition) is 0. The molecule has 0 aliphatic carbocycles. The van der Waals surface area contributed by atoms with Crippen LogP contribution in [0.15, 0.2) is 79.0 Å². The van der Waals surface area contributed by atoms with Crippen LogP contribution in [0, 0.1) is 5.82 Å². The van der Waals surface area contributed by atoms with Gasteiger partial charge in [-0.1, -0.05) is 42.5 Å². The second-order valence-corrected chi connectivity index (χ2v) is 10.1. The third-order valence-corrected chi connectivity index (χ3v) is 7.99. The van der Waals surface area contributed by atoms with Crippen molar-refractivity contribution < 1.29 is 9.13 Å². The molecule has 0 amide bonds. The molecule has 0 radical (unpaired) electrons. The van der Waals surface area contributed by atoms with E-state index in [9.17, 15) is 4.39 Å². The summed E-state index contributed by atoms with van der Waals surface area (Å²) in [6.07, 6.45) is 8.88. The highest BCUT2D eigenvalue weighted by Crippen LogP contribution is 2.41. The number of para-hydroxylation sites is 1. The lowest BCUT2D eigenvalue weighted by atomic mass is 9.79. The summed E-state index contributed by atoms with van der Waals surface area (Å²) in [5, 5.41) is 1.30. The van der Waals surface area contributed by atoms with Crippen molar-refractivity contribution in [3.8, 4) is 5.69 Å². The van der Waals surface area contributed by atoms with Crippen LogP contribution in [-0.2, 0) is 23.2 Å². The second kappa shape index (κ2) is 9.60. The minimum atomic E-state index is -0.201. The molecule has 35 heavy (non-hydrogen) atoms. The van der Waals surface area contributed by atoms with Gasteiger partial charge in [-0.15, -0.1) is 0 Å². The molecule has 1 saturated heterocycles. The standard InChI is InChI=1S/C31H33FN2O/c32-26-12-14-27(15-13-26)34-23-25(28-9-2-4-11-30(28)34)8-5-6-19-33-20-17-31(18-21-33)29-10-3-1-7-24(29)16-22-35-31/h1-4,7,9-15,23H,5-6,8,16-22H2. The first-order valence-corrected chi connectivity index (χ1v) is 13.0. The van der Waals surface area contributed by atoms with E-state index in [4.69, 9.17) is 4.74 Å². The second-order valence-electron chi connectivity index (χ2n) is 10.1. The number of piperidine rings is 1. The molecule has 2 aliphatic heterocycles. The van der Waals surface area contributed by atoms with E-state index in [2.05, 4.69) is 64.2 Å². The van der Waals surface area contributed by atoms with Crippen LogP contribution in [0.1, 0.15) is 42.4 Å². The number of aryl methyl sites for hydroxylation is 1. The fourth-order valence-electron chi connectivity index (χ4n) is 6.08. The lowest BCUT2D eigenvalue weighted by molar-refractivity contribution is -0.0979. The van der Waals surface area contributed by atoms with Crippen molar-refractivity contribution in [2.24, 2.45) is 0 Å². The molecular weight excluding hydrogens is 435 g/mol. The first-order valence-electron chi connectivity index (χ1n) is 13.0. The van der Waals surface area contributed by atoms with Crippen LogP contribution in [0.2, 0.25) is 0 Å². The molecule has 180 valence electrons. The molecule has 0 atom stereocenters. The van der Waals surface area contributed by atoms with E-state index < -0.39 is 0 Å². The third kappa shape index (κ3) is 4.41. The topological polar surface area (TPSA) is 17.4 Å². The summed E-state index contributed by atoms with van der Waals surface area (Å²) in [7, 11) is 0. The SMILES string of the molecule is Fc1ccc(-n2cc(CCCCN3CCC4(CC3)OCCc3ccccc34)c3ccccc32)cc1. The van der Waals surface area contributed by atoms with Gasteiger partial charge in [-0.3, -0.25) is 0 Å². The van der Waals surface area contributed by atoms with Gasteiger partial charge >= 0.3 is 0 Å². The highest BCUT2D eigenvalue weighted by atomic mass is 19.1. The Kier molecular flexibility index (Phi) is 6.17. The van der Waals surface area contributed by atoms with Gasteiger partial charge in [-0.2, -0.15) is 0 Å². The van der Waals surface area contributed by atoms with Gasteiger partial charge in [0.15, 0.2) is 0 Å². The maximum absolute atomic E-state index is 13.4. The first-order chi connectivity index (χ1) is 17.2. The van der Waals surface area contributed by atoms with Crippen molar-refractivity contribution in [2.75, 3.05) is 26.2 Å². The predicted molar refractivity (Wildman–Crippen MR) is 140 cm³/mol. The minimum absolute atomic E-state index is 0.0620.